The number of nitrogens with zero attached hydrogens (tertiary/aromatic N) is 1. The van der Waals surface area contributed by atoms with Crippen molar-refractivity contribution in [1.29, 1.82) is 0 Å². The fourth-order valence-electron chi connectivity index (χ4n) is 2.29. The average Bonchev–Trinajstić information content (AvgIpc) is 2.42. The number of halogens is 2. The number of carbonyl (C=O) groups excluding carboxylic acids is 1. The number of pyridine rings is 1. The summed E-state index contributed by atoms with van der Waals surface area (Å²) < 4.78 is 4.82. The van der Waals surface area contributed by atoms with Crippen LogP contribution in [-0.4, -0.2) is 50.9 Å². The van der Waals surface area contributed by atoms with Crippen LogP contribution in [0.15, 0.2) is 12.1 Å². The van der Waals surface area contributed by atoms with Crippen LogP contribution in [-0.2, 0) is 4.74 Å². The van der Waals surface area contributed by atoms with Crippen LogP contribution < -0.4 is 45.7 Å². The van der Waals surface area contributed by atoms with Gasteiger partial charge in [-0.05, 0) is 13.0 Å². The van der Waals surface area contributed by atoms with Crippen molar-refractivity contribution in [2.24, 2.45) is 0 Å². The number of nitrogens with two attached hydrogens (primary N) is 1. The Morgan fingerprint density at radius 1 is 1.32 bits per heavy atom. The molecule has 1 saturated heterocycles. The number of quaternary nitrogens is 2. The molecular formula is C13H23Cl2N5O2. The molecule has 1 aromatic rings. The molecule has 1 aromatic heterocycles. The lowest BCUT2D eigenvalue weighted by Crippen LogP contribution is -3.25. The van der Waals surface area contributed by atoms with Gasteiger partial charge in [-0.15, -0.1) is 0 Å². The second-order valence-corrected chi connectivity index (χ2v) is 5.04. The summed E-state index contributed by atoms with van der Waals surface area (Å²) in [6.07, 6.45) is -0.510. The Bertz CT molecular complexity index is 481. The van der Waals surface area contributed by atoms with Crippen molar-refractivity contribution in [1.82, 2.24) is 4.98 Å². The van der Waals surface area contributed by atoms with Crippen LogP contribution in [0.25, 0.3) is 0 Å². The van der Waals surface area contributed by atoms with Gasteiger partial charge < -0.3 is 40.2 Å². The van der Waals surface area contributed by atoms with E-state index < -0.39 is 6.09 Å². The molecule has 22 heavy (non-hydrogen) atoms. The molecule has 2 rings (SSSR count). The molecule has 0 bridgehead atoms. The van der Waals surface area contributed by atoms with E-state index in [0.29, 0.717) is 18.1 Å². The molecule has 1 aliphatic rings. The lowest BCUT2D eigenvalue weighted by molar-refractivity contribution is -0.976. The first-order valence-electron chi connectivity index (χ1n) is 6.96. The van der Waals surface area contributed by atoms with E-state index in [9.17, 15) is 4.79 Å². The van der Waals surface area contributed by atoms with Gasteiger partial charge in [0, 0.05) is 6.07 Å². The molecule has 0 atom stereocenters. The number of nitrogen functional groups attached to an aromatic ring is 1. The van der Waals surface area contributed by atoms with Gasteiger partial charge in [0.25, 0.3) is 0 Å². The van der Waals surface area contributed by atoms with Crippen molar-refractivity contribution in [3.8, 4) is 0 Å². The van der Waals surface area contributed by atoms with Gasteiger partial charge in [-0.1, -0.05) is 0 Å². The number of likely N-dealkylation sites (N-methyl/N-ethyl adjacent to an activating group) is 1. The average molecular weight is 352 g/mol. The van der Waals surface area contributed by atoms with E-state index in [4.69, 9.17) is 10.5 Å². The number of aromatic nitrogens is 1. The van der Waals surface area contributed by atoms with E-state index in [2.05, 4.69) is 17.3 Å². The van der Waals surface area contributed by atoms with Gasteiger partial charge in [-0.3, -0.25) is 10.2 Å². The summed E-state index contributed by atoms with van der Waals surface area (Å²) in [6.45, 7) is 6.42. The molecule has 1 aliphatic heterocycles. The van der Waals surface area contributed by atoms with E-state index in [0.717, 1.165) is 32.0 Å². The molecule has 0 saturated carbocycles. The highest BCUT2D eigenvalue weighted by Gasteiger charge is 2.23. The molecule has 126 valence electrons. The lowest BCUT2D eigenvalue weighted by Gasteiger charge is -2.26. The van der Waals surface area contributed by atoms with Crippen LogP contribution in [0.3, 0.4) is 0 Å². The fourth-order valence-corrected chi connectivity index (χ4v) is 2.29. The molecule has 0 aliphatic carbocycles. The van der Waals surface area contributed by atoms with Crippen LogP contribution in [0.2, 0.25) is 0 Å². The largest absolute Gasteiger partial charge is 1.00 e. The van der Waals surface area contributed by atoms with Crippen LogP contribution in [0.4, 0.5) is 22.1 Å². The smallest absolute Gasteiger partial charge is 0.411 e. The van der Waals surface area contributed by atoms with Crippen molar-refractivity contribution in [3.05, 3.63) is 12.1 Å². The third-order valence-electron chi connectivity index (χ3n) is 3.51. The molecule has 7 nitrogen and oxygen atoms in total. The second kappa shape index (κ2) is 9.68. The van der Waals surface area contributed by atoms with Crippen molar-refractivity contribution >= 4 is 23.4 Å². The topological polar surface area (TPSA) is 86.1 Å². The minimum Gasteiger partial charge on any atom is -1.00 e. The summed E-state index contributed by atoms with van der Waals surface area (Å²) in [5.41, 5.74) is 6.39. The molecule has 0 radical (unpaired) electrons. The van der Waals surface area contributed by atoms with Crippen molar-refractivity contribution in [2.45, 2.75) is 6.92 Å². The molecule has 2 heterocycles. The van der Waals surface area contributed by atoms with Gasteiger partial charge >= 0.3 is 6.09 Å². The van der Waals surface area contributed by atoms with Gasteiger partial charge in [0.1, 0.15) is 26.2 Å². The van der Waals surface area contributed by atoms with E-state index in [1.807, 2.05) is 6.07 Å². The molecule has 0 spiro atoms. The van der Waals surface area contributed by atoms with Gasteiger partial charge in [0.05, 0.1) is 19.3 Å². The maximum atomic E-state index is 11.4. The van der Waals surface area contributed by atoms with E-state index in [1.165, 1.54) is 4.90 Å². The minimum atomic E-state index is -0.510. The minimum absolute atomic E-state index is 0. The number of carbonyl (C=O) groups is 1. The molecular weight excluding hydrogens is 329 g/mol. The Balaban J connectivity index is 0.00000220. The maximum absolute atomic E-state index is 11.4. The Morgan fingerprint density at radius 3 is 2.50 bits per heavy atom. The predicted molar refractivity (Wildman–Crippen MR) is 76.3 cm³/mol. The van der Waals surface area contributed by atoms with Crippen molar-refractivity contribution < 1.29 is 44.1 Å². The summed E-state index contributed by atoms with van der Waals surface area (Å²) >= 11 is 0. The van der Waals surface area contributed by atoms with E-state index in [-0.39, 0.29) is 24.8 Å². The normalized spacial score (nSPS) is 20.3. The zero-order valence-electron chi connectivity index (χ0n) is 12.8. The van der Waals surface area contributed by atoms with Crippen LogP contribution >= 0.6 is 0 Å². The molecule has 1 amide bonds. The zero-order valence-corrected chi connectivity index (χ0v) is 14.3. The summed E-state index contributed by atoms with van der Waals surface area (Å²) in [5.74, 6) is 1.26. The van der Waals surface area contributed by atoms with Gasteiger partial charge in [-0.2, -0.15) is 4.98 Å². The number of amides is 1. The summed E-state index contributed by atoms with van der Waals surface area (Å²) in [5, 5.41) is 2.59. The SMILES string of the molecule is CCOC(=O)Nc1ccc([NH+]2CC[NH+](C)CC2)nc1N.[Cl-].[Cl-]. The van der Waals surface area contributed by atoms with E-state index >= 15 is 0 Å². The molecule has 0 unspecified atom stereocenters. The first-order chi connectivity index (χ1) is 9.60. The fraction of sp³-hybridized carbons (Fsp3) is 0.538. The van der Waals surface area contributed by atoms with Gasteiger partial charge in [0.15, 0.2) is 5.82 Å². The monoisotopic (exact) mass is 351 g/mol. The predicted octanol–water partition coefficient (Wildman–Crippen LogP) is -7.72. The number of ether oxygens (including phenoxy) is 1. The summed E-state index contributed by atoms with van der Waals surface area (Å²) in [4.78, 5) is 18.6. The van der Waals surface area contributed by atoms with Crippen LogP contribution in [0.1, 0.15) is 6.92 Å². The Morgan fingerprint density at radius 2 is 1.95 bits per heavy atom. The molecule has 0 aromatic carbocycles. The van der Waals surface area contributed by atoms with Crippen LogP contribution in [0.5, 0.6) is 0 Å². The quantitative estimate of drug-likeness (QED) is 0.435. The van der Waals surface area contributed by atoms with Crippen LogP contribution in [0, 0.1) is 0 Å². The Labute approximate surface area is 143 Å². The number of nitrogens with one attached hydrogen (secondary N) is 3. The van der Waals surface area contributed by atoms with Crippen molar-refractivity contribution in [3.63, 3.8) is 0 Å². The maximum Gasteiger partial charge on any atom is 0.411 e. The van der Waals surface area contributed by atoms with Crippen molar-refractivity contribution in [2.75, 3.05) is 50.9 Å². The highest BCUT2D eigenvalue weighted by Crippen LogP contribution is 2.17. The number of hydrogen-bond donors (Lipinski definition) is 4. The molecule has 5 N–H and O–H groups in total. The third kappa shape index (κ3) is 5.49. The number of anilines is 2. The lowest BCUT2D eigenvalue weighted by atomic mass is 10.3. The number of piperazine rings is 1. The number of rotatable bonds is 3. The number of hydrogen-bond acceptors (Lipinski definition) is 4. The summed E-state index contributed by atoms with van der Waals surface area (Å²) in [7, 11) is 2.20. The standard InChI is InChI=1S/C13H21N5O2.2ClH/c1-3-20-13(19)15-10-4-5-11(16-12(10)14)18-8-6-17(2)7-9-18;;/h4-5H,3,6-9H2,1-2H3,(H2,14,16)(H,15,19);2*1H. The highest BCUT2D eigenvalue weighted by molar-refractivity contribution is 5.88. The first-order valence-corrected chi connectivity index (χ1v) is 6.96. The first kappa shape index (κ1) is 20.7. The second-order valence-electron chi connectivity index (χ2n) is 5.04. The highest BCUT2D eigenvalue weighted by atomic mass is 35.5. The summed E-state index contributed by atoms with van der Waals surface area (Å²) in [6, 6.07) is 3.70. The van der Waals surface area contributed by atoms with Gasteiger partial charge in [-0.25, -0.2) is 4.79 Å². The Hall–Kier alpha value is -1.28. The molecule has 9 heteroatoms. The Kier molecular flexibility index (Phi) is 9.12. The third-order valence-corrected chi connectivity index (χ3v) is 3.51. The zero-order chi connectivity index (χ0) is 14.5. The molecule has 1 fully saturated rings. The van der Waals surface area contributed by atoms with Gasteiger partial charge in [0.2, 0.25) is 5.82 Å². The van der Waals surface area contributed by atoms with E-state index in [1.54, 1.807) is 17.9 Å².